The number of hydrogen-bond donors (Lipinski definition) is 0. The summed E-state index contributed by atoms with van der Waals surface area (Å²) < 4.78 is 15.0. The van der Waals surface area contributed by atoms with E-state index in [0.29, 0.717) is 11.8 Å². The Hall–Kier alpha value is -5.06. The van der Waals surface area contributed by atoms with E-state index in [1.165, 1.54) is 150 Å². The average molecular weight is 721 g/mol. The van der Waals surface area contributed by atoms with Crippen molar-refractivity contribution in [3.05, 3.63) is 120 Å². The standard InChI is InChI=1S/C50H44N2OS/c1-51-47-33(30-15-4-2-5-16-30)22-14-23-35(47)38-27-32(50-46(48(38)51)36-20-9-12-25-41(36)53-50)29-52-40-24-11-8-19-34(40)39-28-43-45(37-21-10-13-26-42(37)54-43)44(49(39)52)31-17-6-3-7-18-31/h8-14,19-28,30-31H,2-7,15-18,29H2,1H3. The molecule has 0 N–H and O–H groups in total. The molecule has 4 aromatic heterocycles. The van der Waals surface area contributed by atoms with Crippen LogP contribution in [0.2, 0.25) is 0 Å². The van der Waals surface area contributed by atoms with Crippen LogP contribution in [-0.4, -0.2) is 9.13 Å². The maximum Gasteiger partial charge on any atom is 0.142 e. The van der Waals surface area contributed by atoms with Crippen LogP contribution in [0, 0.1) is 0 Å². The minimum Gasteiger partial charge on any atom is -0.456 e. The van der Waals surface area contributed by atoms with Crippen molar-refractivity contribution in [3.8, 4) is 0 Å². The van der Waals surface area contributed by atoms with E-state index in [0.717, 1.165) is 17.7 Å². The van der Waals surface area contributed by atoms with E-state index in [1.54, 1.807) is 5.56 Å². The van der Waals surface area contributed by atoms with Gasteiger partial charge in [0.1, 0.15) is 11.2 Å². The number of hydrogen-bond acceptors (Lipinski definition) is 2. The Labute approximate surface area is 318 Å². The van der Waals surface area contributed by atoms with Crippen molar-refractivity contribution in [2.24, 2.45) is 7.05 Å². The molecule has 3 nitrogen and oxygen atoms in total. The Bertz CT molecular complexity index is 3120. The van der Waals surface area contributed by atoms with Crippen LogP contribution in [0.15, 0.2) is 108 Å². The van der Waals surface area contributed by atoms with Crippen molar-refractivity contribution in [1.29, 1.82) is 0 Å². The molecule has 266 valence electrons. The molecule has 0 amide bonds. The van der Waals surface area contributed by atoms with Gasteiger partial charge in [0.25, 0.3) is 0 Å². The molecule has 2 fully saturated rings. The molecule has 2 saturated carbocycles. The van der Waals surface area contributed by atoms with Gasteiger partial charge in [0.05, 0.1) is 28.5 Å². The lowest BCUT2D eigenvalue weighted by molar-refractivity contribution is 0.445. The van der Waals surface area contributed by atoms with Crippen LogP contribution in [0.3, 0.4) is 0 Å². The summed E-state index contributed by atoms with van der Waals surface area (Å²) in [5, 5.41) is 10.9. The fourth-order valence-corrected chi connectivity index (χ4v) is 12.4. The quantitative estimate of drug-likeness (QED) is 0.177. The van der Waals surface area contributed by atoms with E-state index in [2.05, 4.69) is 119 Å². The number of aryl methyl sites for hydroxylation is 1. The van der Waals surface area contributed by atoms with Gasteiger partial charge in [0.15, 0.2) is 0 Å². The van der Waals surface area contributed by atoms with E-state index in [4.69, 9.17) is 4.42 Å². The maximum absolute atomic E-state index is 7.00. The monoisotopic (exact) mass is 720 g/mol. The first kappa shape index (κ1) is 31.3. The van der Waals surface area contributed by atoms with Gasteiger partial charge in [-0.15, -0.1) is 11.3 Å². The van der Waals surface area contributed by atoms with Gasteiger partial charge in [0, 0.05) is 65.2 Å². The van der Waals surface area contributed by atoms with Gasteiger partial charge in [-0.05, 0) is 79.0 Å². The number of para-hydroxylation sites is 3. The molecule has 2 aliphatic rings. The van der Waals surface area contributed by atoms with Gasteiger partial charge in [0.2, 0.25) is 0 Å². The number of rotatable bonds is 4. The van der Waals surface area contributed by atoms with E-state index >= 15 is 0 Å². The van der Waals surface area contributed by atoms with Crippen molar-refractivity contribution >= 4 is 97.1 Å². The first-order chi connectivity index (χ1) is 26.7. The normalized spacial score (nSPS) is 16.5. The highest BCUT2D eigenvalue weighted by molar-refractivity contribution is 7.26. The topological polar surface area (TPSA) is 23.0 Å². The van der Waals surface area contributed by atoms with E-state index in [1.807, 2.05) is 11.3 Å². The molecule has 0 bridgehead atoms. The summed E-state index contributed by atoms with van der Waals surface area (Å²) in [5.41, 5.74) is 11.8. The molecule has 2 aliphatic carbocycles. The Kier molecular flexibility index (Phi) is 6.94. The number of aromatic nitrogens is 2. The zero-order valence-electron chi connectivity index (χ0n) is 31.0. The molecular weight excluding hydrogens is 677 g/mol. The minimum absolute atomic E-state index is 0.552. The summed E-state index contributed by atoms with van der Waals surface area (Å²) in [6, 6.07) is 39.2. The Balaban J connectivity index is 1.19. The summed E-state index contributed by atoms with van der Waals surface area (Å²) in [7, 11) is 2.30. The number of benzene rings is 6. The van der Waals surface area contributed by atoms with Crippen molar-refractivity contribution < 1.29 is 4.42 Å². The van der Waals surface area contributed by atoms with Gasteiger partial charge in [-0.1, -0.05) is 111 Å². The highest BCUT2D eigenvalue weighted by Gasteiger charge is 2.29. The largest absolute Gasteiger partial charge is 0.456 e. The van der Waals surface area contributed by atoms with Crippen LogP contribution in [0.4, 0.5) is 0 Å². The fraction of sp³-hybridized carbons (Fsp3) is 0.280. The predicted octanol–water partition coefficient (Wildman–Crippen LogP) is 14.9. The van der Waals surface area contributed by atoms with Crippen molar-refractivity contribution in [2.45, 2.75) is 82.6 Å². The second-order valence-corrected chi connectivity index (χ2v) is 17.6. The summed E-state index contributed by atoms with van der Waals surface area (Å²) in [5.74, 6) is 1.18. The van der Waals surface area contributed by atoms with Crippen molar-refractivity contribution in [1.82, 2.24) is 9.13 Å². The zero-order valence-corrected chi connectivity index (χ0v) is 31.8. The molecule has 4 heterocycles. The van der Waals surface area contributed by atoms with Gasteiger partial charge in [-0.2, -0.15) is 0 Å². The van der Waals surface area contributed by atoms with Crippen LogP contribution in [-0.2, 0) is 13.6 Å². The fourth-order valence-electron chi connectivity index (χ4n) is 11.2. The molecule has 0 saturated heterocycles. The Morgan fingerprint density at radius 2 is 1.26 bits per heavy atom. The maximum atomic E-state index is 7.00. The first-order valence-corrected chi connectivity index (χ1v) is 21.2. The third kappa shape index (κ3) is 4.41. The summed E-state index contributed by atoms with van der Waals surface area (Å²) >= 11 is 1.97. The average Bonchev–Trinajstić information content (AvgIpc) is 3.96. The summed E-state index contributed by atoms with van der Waals surface area (Å²) in [4.78, 5) is 0. The molecule has 0 atom stereocenters. The van der Waals surface area contributed by atoms with Crippen LogP contribution in [0.25, 0.3) is 85.7 Å². The lowest BCUT2D eigenvalue weighted by Crippen LogP contribution is -2.09. The van der Waals surface area contributed by atoms with Gasteiger partial charge >= 0.3 is 0 Å². The first-order valence-electron chi connectivity index (χ1n) is 20.4. The second-order valence-electron chi connectivity index (χ2n) is 16.5. The van der Waals surface area contributed by atoms with Crippen LogP contribution in [0.5, 0.6) is 0 Å². The number of furan rings is 1. The van der Waals surface area contributed by atoms with Gasteiger partial charge in [-0.25, -0.2) is 0 Å². The summed E-state index contributed by atoms with van der Waals surface area (Å²) in [6.07, 6.45) is 13.1. The lowest BCUT2D eigenvalue weighted by Gasteiger charge is -2.25. The van der Waals surface area contributed by atoms with E-state index in [9.17, 15) is 0 Å². The molecule has 0 radical (unpaired) electrons. The van der Waals surface area contributed by atoms with Crippen LogP contribution in [0.1, 0.15) is 92.7 Å². The van der Waals surface area contributed by atoms with Gasteiger partial charge in [-0.3, -0.25) is 0 Å². The highest BCUT2D eigenvalue weighted by Crippen LogP contribution is 2.49. The molecule has 0 spiro atoms. The van der Waals surface area contributed by atoms with Crippen molar-refractivity contribution in [2.75, 3.05) is 0 Å². The third-order valence-electron chi connectivity index (χ3n) is 13.5. The molecule has 0 aliphatic heterocycles. The molecule has 10 aromatic rings. The Morgan fingerprint density at radius 3 is 2.09 bits per heavy atom. The Morgan fingerprint density at radius 1 is 0.574 bits per heavy atom. The molecule has 6 aromatic carbocycles. The highest BCUT2D eigenvalue weighted by atomic mass is 32.1. The number of fused-ring (bicyclic) bond motifs is 13. The van der Waals surface area contributed by atoms with Crippen LogP contribution < -0.4 is 0 Å². The minimum atomic E-state index is 0.552. The number of thiophene rings is 1. The molecule has 4 heteroatoms. The number of nitrogens with zero attached hydrogens (tertiary/aromatic N) is 2. The summed E-state index contributed by atoms with van der Waals surface area (Å²) in [6.45, 7) is 0.752. The molecule has 12 rings (SSSR count). The van der Waals surface area contributed by atoms with Crippen molar-refractivity contribution in [3.63, 3.8) is 0 Å². The van der Waals surface area contributed by atoms with Gasteiger partial charge < -0.3 is 13.6 Å². The zero-order chi connectivity index (χ0) is 35.5. The lowest BCUT2D eigenvalue weighted by atomic mass is 9.81. The third-order valence-corrected chi connectivity index (χ3v) is 14.7. The molecule has 0 unspecified atom stereocenters. The molecular formula is C50H44N2OS. The predicted molar refractivity (Wildman–Crippen MR) is 231 cm³/mol. The van der Waals surface area contributed by atoms with E-state index in [-0.39, 0.29) is 0 Å². The second kappa shape index (κ2) is 12.0. The SMILES string of the molecule is Cn1c2c(C3CCCCC3)cccc2c2cc(Cn3c4ccccc4c4cc5sc6ccccc6c5c(C5CCCCC5)c43)c3oc4ccccc4c3c21. The smallest absolute Gasteiger partial charge is 0.142 e. The van der Waals surface area contributed by atoms with Crippen LogP contribution >= 0.6 is 11.3 Å². The van der Waals surface area contributed by atoms with E-state index < -0.39 is 0 Å². The molecule has 54 heavy (non-hydrogen) atoms.